The molecule has 2 aliphatic rings. The van der Waals surface area contributed by atoms with E-state index in [0.29, 0.717) is 12.0 Å². The molecule has 3 aromatic rings. The number of hydroxylamine groups is 1. The van der Waals surface area contributed by atoms with E-state index in [-0.39, 0.29) is 11.6 Å². The smallest absolute Gasteiger partial charge is 0.277 e. The second-order valence-electron chi connectivity index (χ2n) is 6.56. The Morgan fingerprint density at radius 1 is 1.15 bits per heavy atom. The average molecular weight is 352 g/mol. The number of benzene rings is 1. The lowest BCUT2D eigenvalue weighted by Crippen LogP contribution is -2.47. The summed E-state index contributed by atoms with van der Waals surface area (Å²) in [6.45, 7) is 1.61. The van der Waals surface area contributed by atoms with Gasteiger partial charge in [-0.2, -0.15) is 0 Å². The van der Waals surface area contributed by atoms with Gasteiger partial charge in [0.05, 0.1) is 23.0 Å². The van der Waals surface area contributed by atoms with Gasteiger partial charge in [0.1, 0.15) is 0 Å². The molecule has 2 saturated heterocycles. The fourth-order valence-electron chi connectivity index (χ4n) is 3.90. The number of carbonyl (C=O) groups excluding carboxylic acids is 1. The summed E-state index contributed by atoms with van der Waals surface area (Å²) in [7, 11) is 0. The monoisotopic (exact) mass is 352 g/mol. The first-order valence-corrected chi connectivity index (χ1v) is 8.39. The number of anilines is 2. The SMILES string of the molecule is O=C(NO)c1cnc(N2C[C@H]3C[C@H]2CN3c2noc3ccccc23)nc1. The van der Waals surface area contributed by atoms with E-state index in [9.17, 15) is 4.79 Å². The number of hydrogen-bond donors (Lipinski definition) is 2. The van der Waals surface area contributed by atoms with E-state index in [2.05, 4.69) is 24.9 Å². The number of nitrogens with one attached hydrogen (secondary N) is 1. The molecule has 2 aliphatic heterocycles. The number of piperazine rings is 1. The van der Waals surface area contributed by atoms with Crippen molar-refractivity contribution in [3.63, 3.8) is 0 Å². The van der Waals surface area contributed by atoms with Gasteiger partial charge in [-0.25, -0.2) is 15.4 Å². The molecule has 1 amide bonds. The number of aromatic nitrogens is 3. The third-order valence-electron chi connectivity index (χ3n) is 5.13. The molecule has 0 spiro atoms. The van der Waals surface area contributed by atoms with Gasteiger partial charge in [0.2, 0.25) is 5.95 Å². The van der Waals surface area contributed by atoms with Crippen LogP contribution in [0, 0.1) is 0 Å². The van der Waals surface area contributed by atoms with Crippen LogP contribution in [-0.4, -0.2) is 51.4 Å². The van der Waals surface area contributed by atoms with Gasteiger partial charge in [0, 0.05) is 25.5 Å². The van der Waals surface area contributed by atoms with Gasteiger partial charge in [-0.05, 0) is 18.6 Å². The summed E-state index contributed by atoms with van der Waals surface area (Å²) in [5.74, 6) is 0.865. The van der Waals surface area contributed by atoms with E-state index >= 15 is 0 Å². The van der Waals surface area contributed by atoms with Crippen LogP contribution in [0.3, 0.4) is 0 Å². The van der Waals surface area contributed by atoms with Crippen molar-refractivity contribution in [3.8, 4) is 0 Å². The Kier molecular flexibility index (Phi) is 3.29. The minimum absolute atomic E-state index is 0.219. The molecule has 2 atom stereocenters. The molecule has 9 heteroatoms. The minimum atomic E-state index is -0.622. The molecule has 2 bridgehead atoms. The highest BCUT2D eigenvalue weighted by atomic mass is 16.5. The second kappa shape index (κ2) is 5.67. The topological polar surface area (TPSA) is 108 Å². The standard InChI is InChI=1S/C17H16N6O3/c24-16(20-25)10-6-18-17(19-7-10)23-9-11-5-12(23)8-22(11)15-13-3-1-2-4-14(13)26-21-15/h1-4,6-7,11-12,25H,5,8-9H2,(H,20,24)/t11-,12+/m1/s1. The van der Waals surface area contributed by atoms with Crippen LogP contribution in [0.2, 0.25) is 0 Å². The molecule has 2 aromatic heterocycles. The van der Waals surface area contributed by atoms with Crippen LogP contribution < -0.4 is 15.3 Å². The van der Waals surface area contributed by atoms with Crippen molar-refractivity contribution >= 4 is 28.6 Å². The maximum atomic E-state index is 11.4. The number of carbonyl (C=O) groups is 1. The lowest BCUT2D eigenvalue weighted by Gasteiger charge is -2.34. The summed E-state index contributed by atoms with van der Waals surface area (Å²) in [6, 6.07) is 8.48. The normalized spacial score (nSPS) is 21.6. The minimum Gasteiger partial charge on any atom is -0.354 e. The summed E-state index contributed by atoms with van der Waals surface area (Å²) >= 11 is 0. The van der Waals surface area contributed by atoms with Crippen LogP contribution in [0.5, 0.6) is 0 Å². The quantitative estimate of drug-likeness (QED) is 0.535. The van der Waals surface area contributed by atoms with Gasteiger partial charge in [-0.3, -0.25) is 10.0 Å². The van der Waals surface area contributed by atoms with Crippen molar-refractivity contribution in [2.75, 3.05) is 22.9 Å². The molecule has 4 heterocycles. The molecule has 2 N–H and O–H groups in total. The number of amides is 1. The van der Waals surface area contributed by atoms with E-state index in [4.69, 9.17) is 9.73 Å². The summed E-state index contributed by atoms with van der Waals surface area (Å²) < 4.78 is 5.44. The molecule has 26 heavy (non-hydrogen) atoms. The molecule has 2 fully saturated rings. The highest BCUT2D eigenvalue weighted by Crippen LogP contribution is 2.38. The molecular formula is C17H16N6O3. The van der Waals surface area contributed by atoms with Gasteiger partial charge in [0.25, 0.3) is 5.91 Å². The average Bonchev–Trinajstić information content (AvgIpc) is 3.40. The number of para-hydroxylation sites is 1. The highest BCUT2D eigenvalue weighted by molar-refractivity contribution is 5.92. The van der Waals surface area contributed by atoms with Gasteiger partial charge < -0.3 is 14.3 Å². The van der Waals surface area contributed by atoms with Crippen LogP contribution in [-0.2, 0) is 0 Å². The molecule has 0 aliphatic carbocycles. The van der Waals surface area contributed by atoms with E-state index in [1.54, 1.807) is 5.48 Å². The molecule has 5 rings (SSSR count). The highest BCUT2D eigenvalue weighted by Gasteiger charge is 2.45. The summed E-state index contributed by atoms with van der Waals surface area (Å²) in [5, 5.41) is 14.0. The van der Waals surface area contributed by atoms with Crippen molar-refractivity contribution in [2.45, 2.75) is 18.5 Å². The summed E-state index contributed by atoms with van der Waals surface area (Å²) in [6.07, 6.45) is 3.84. The van der Waals surface area contributed by atoms with Crippen molar-refractivity contribution in [1.82, 2.24) is 20.6 Å². The van der Waals surface area contributed by atoms with E-state index in [1.165, 1.54) is 12.4 Å². The Labute approximate surface area is 148 Å². The van der Waals surface area contributed by atoms with E-state index in [0.717, 1.165) is 36.3 Å². The summed E-state index contributed by atoms with van der Waals surface area (Å²) in [4.78, 5) is 24.4. The van der Waals surface area contributed by atoms with Crippen molar-refractivity contribution in [2.24, 2.45) is 0 Å². The fraction of sp³-hybridized carbons (Fsp3) is 0.294. The molecule has 1 aromatic carbocycles. The first kappa shape index (κ1) is 15.1. The number of nitrogens with zero attached hydrogens (tertiary/aromatic N) is 5. The zero-order valence-electron chi connectivity index (χ0n) is 13.7. The Balaban J connectivity index is 1.36. The number of fused-ring (bicyclic) bond motifs is 3. The molecule has 0 radical (unpaired) electrons. The molecular weight excluding hydrogens is 336 g/mol. The lowest BCUT2D eigenvalue weighted by atomic mass is 10.2. The van der Waals surface area contributed by atoms with Crippen LogP contribution in [0.15, 0.2) is 41.2 Å². The molecule has 9 nitrogen and oxygen atoms in total. The first-order chi connectivity index (χ1) is 12.7. The van der Waals surface area contributed by atoms with E-state index in [1.807, 2.05) is 24.3 Å². The predicted octanol–water partition coefficient (Wildman–Crippen LogP) is 1.20. The largest absolute Gasteiger partial charge is 0.354 e. The van der Waals surface area contributed by atoms with Crippen LogP contribution in [0.1, 0.15) is 16.8 Å². The van der Waals surface area contributed by atoms with Gasteiger partial charge >= 0.3 is 0 Å². The Morgan fingerprint density at radius 2 is 1.88 bits per heavy atom. The van der Waals surface area contributed by atoms with Crippen molar-refractivity contribution in [3.05, 3.63) is 42.2 Å². The maximum Gasteiger partial charge on any atom is 0.277 e. The van der Waals surface area contributed by atoms with Crippen molar-refractivity contribution in [1.29, 1.82) is 0 Å². The van der Waals surface area contributed by atoms with E-state index < -0.39 is 5.91 Å². The number of hydrogen-bond acceptors (Lipinski definition) is 8. The van der Waals surface area contributed by atoms with Crippen LogP contribution >= 0.6 is 0 Å². The lowest BCUT2D eigenvalue weighted by molar-refractivity contribution is 0.0705. The predicted molar refractivity (Wildman–Crippen MR) is 92.2 cm³/mol. The molecule has 132 valence electrons. The van der Waals surface area contributed by atoms with Crippen LogP contribution in [0.25, 0.3) is 11.0 Å². The third kappa shape index (κ3) is 2.21. The zero-order chi connectivity index (χ0) is 17.7. The van der Waals surface area contributed by atoms with Crippen LogP contribution in [0.4, 0.5) is 11.8 Å². The van der Waals surface area contributed by atoms with Gasteiger partial charge in [0.15, 0.2) is 11.4 Å². The maximum absolute atomic E-state index is 11.4. The van der Waals surface area contributed by atoms with Gasteiger partial charge in [-0.1, -0.05) is 17.3 Å². The van der Waals surface area contributed by atoms with Gasteiger partial charge in [-0.15, -0.1) is 0 Å². The Hall–Kier alpha value is -3.20. The second-order valence-corrected chi connectivity index (χ2v) is 6.56. The summed E-state index contributed by atoms with van der Waals surface area (Å²) in [5.41, 5.74) is 2.59. The number of rotatable bonds is 3. The molecule has 0 saturated carbocycles. The molecule has 0 unspecified atom stereocenters. The first-order valence-electron chi connectivity index (χ1n) is 8.39. The Morgan fingerprint density at radius 3 is 2.62 bits per heavy atom. The van der Waals surface area contributed by atoms with Crippen molar-refractivity contribution < 1.29 is 14.5 Å². The Bertz CT molecular complexity index is 972. The fourth-order valence-corrected chi connectivity index (χ4v) is 3.90. The third-order valence-corrected chi connectivity index (χ3v) is 5.13. The zero-order valence-corrected chi connectivity index (χ0v) is 13.7.